The van der Waals surface area contributed by atoms with Crippen LogP contribution in [0.15, 0.2) is 0 Å². The fourth-order valence-corrected chi connectivity index (χ4v) is 2.23. The Hall–Kier alpha value is -1.10. The third kappa shape index (κ3) is 5.49. The highest BCUT2D eigenvalue weighted by Gasteiger charge is 2.21. The molecular formula is C13H24N2O3. The van der Waals surface area contributed by atoms with Crippen molar-refractivity contribution in [3.63, 3.8) is 0 Å². The van der Waals surface area contributed by atoms with E-state index in [1.54, 1.807) is 0 Å². The normalized spacial score (nSPS) is 17.9. The minimum Gasteiger partial charge on any atom is -0.480 e. The number of aliphatic carboxylic acids is 1. The number of carboxylic acid groups (broad SMARTS) is 1. The monoisotopic (exact) mass is 256 g/mol. The van der Waals surface area contributed by atoms with Crippen LogP contribution in [0.4, 0.5) is 0 Å². The van der Waals surface area contributed by atoms with Crippen LogP contribution in [0.1, 0.15) is 39.5 Å². The highest BCUT2D eigenvalue weighted by Crippen LogP contribution is 2.08. The molecule has 5 nitrogen and oxygen atoms in total. The third-order valence-electron chi connectivity index (χ3n) is 3.19. The molecular weight excluding hydrogens is 232 g/mol. The van der Waals surface area contributed by atoms with Crippen LogP contribution >= 0.6 is 0 Å². The van der Waals surface area contributed by atoms with Crippen molar-refractivity contribution in [1.29, 1.82) is 0 Å². The van der Waals surface area contributed by atoms with Gasteiger partial charge in [0.15, 0.2) is 0 Å². The van der Waals surface area contributed by atoms with Gasteiger partial charge in [-0.3, -0.25) is 4.79 Å². The highest BCUT2D eigenvalue weighted by molar-refractivity contribution is 5.83. The van der Waals surface area contributed by atoms with Crippen LogP contribution in [0.2, 0.25) is 0 Å². The number of nitrogens with one attached hydrogen (secondary N) is 1. The topological polar surface area (TPSA) is 69.6 Å². The number of carbonyl (C=O) groups is 2. The zero-order chi connectivity index (χ0) is 13.5. The van der Waals surface area contributed by atoms with E-state index in [0.29, 0.717) is 12.8 Å². The summed E-state index contributed by atoms with van der Waals surface area (Å²) in [7, 11) is 0. The molecule has 1 aliphatic heterocycles. The molecule has 1 fully saturated rings. The van der Waals surface area contributed by atoms with E-state index in [4.69, 9.17) is 5.11 Å². The fourth-order valence-electron chi connectivity index (χ4n) is 2.23. The number of hydrogen-bond donors (Lipinski definition) is 2. The second kappa shape index (κ2) is 7.36. The van der Waals surface area contributed by atoms with Gasteiger partial charge in [0, 0.05) is 13.0 Å². The number of hydrogen-bond acceptors (Lipinski definition) is 3. The van der Waals surface area contributed by atoms with E-state index in [1.165, 1.54) is 12.8 Å². The molecule has 0 bridgehead atoms. The zero-order valence-corrected chi connectivity index (χ0v) is 11.3. The molecule has 0 aromatic heterocycles. The van der Waals surface area contributed by atoms with E-state index >= 15 is 0 Å². The molecule has 1 atom stereocenters. The lowest BCUT2D eigenvalue weighted by molar-refractivity contribution is -0.142. The smallest absolute Gasteiger partial charge is 0.326 e. The van der Waals surface area contributed by atoms with Gasteiger partial charge in [0.05, 0.1) is 0 Å². The number of rotatable bonds is 7. The number of amides is 1. The summed E-state index contributed by atoms with van der Waals surface area (Å²) in [6.45, 7) is 6.75. The summed E-state index contributed by atoms with van der Waals surface area (Å²) in [5.74, 6) is -0.849. The van der Waals surface area contributed by atoms with E-state index in [-0.39, 0.29) is 11.8 Å². The summed E-state index contributed by atoms with van der Waals surface area (Å²) >= 11 is 0. The van der Waals surface area contributed by atoms with Crippen molar-refractivity contribution in [3.05, 3.63) is 0 Å². The maximum absolute atomic E-state index is 11.7. The van der Waals surface area contributed by atoms with E-state index in [2.05, 4.69) is 10.2 Å². The molecule has 1 heterocycles. The Kier molecular flexibility index (Phi) is 6.12. The van der Waals surface area contributed by atoms with Crippen LogP contribution in [0.3, 0.4) is 0 Å². The van der Waals surface area contributed by atoms with Crippen molar-refractivity contribution in [2.75, 3.05) is 19.6 Å². The summed E-state index contributed by atoms with van der Waals surface area (Å²) in [5, 5.41) is 11.6. The number of likely N-dealkylation sites (tertiary alicyclic amines) is 1. The summed E-state index contributed by atoms with van der Waals surface area (Å²) in [5.41, 5.74) is 0. The minimum absolute atomic E-state index is 0.157. The third-order valence-corrected chi connectivity index (χ3v) is 3.19. The van der Waals surface area contributed by atoms with Crippen LogP contribution in [0, 0.1) is 5.92 Å². The van der Waals surface area contributed by atoms with Crippen LogP contribution in [0.5, 0.6) is 0 Å². The number of carboxylic acids is 1. The van der Waals surface area contributed by atoms with Crippen molar-refractivity contribution >= 4 is 11.9 Å². The second-order valence-electron chi connectivity index (χ2n) is 5.39. The van der Waals surface area contributed by atoms with Gasteiger partial charge in [-0.1, -0.05) is 13.8 Å². The van der Waals surface area contributed by atoms with Crippen molar-refractivity contribution in [2.45, 2.75) is 45.6 Å². The average Bonchev–Trinajstić information content (AvgIpc) is 2.77. The molecule has 0 aliphatic carbocycles. The molecule has 5 heteroatoms. The lowest BCUT2D eigenvalue weighted by atomic mass is 10.0. The first kappa shape index (κ1) is 15.0. The average molecular weight is 256 g/mol. The Bertz CT molecular complexity index is 286. The first-order valence-corrected chi connectivity index (χ1v) is 6.73. The standard InChI is InChI=1S/C13H24N2O3/c1-10(2)9-11(13(17)18)14-12(16)5-8-15-6-3-4-7-15/h10-11H,3-9H2,1-2H3,(H,14,16)(H,17,18)/t11-/m1/s1. The van der Waals surface area contributed by atoms with E-state index < -0.39 is 12.0 Å². The predicted octanol–water partition coefficient (Wildman–Crippen LogP) is 1.09. The van der Waals surface area contributed by atoms with Crippen LogP contribution in [-0.4, -0.2) is 47.6 Å². The van der Waals surface area contributed by atoms with Gasteiger partial charge in [0.2, 0.25) is 5.91 Å². The zero-order valence-electron chi connectivity index (χ0n) is 11.3. The molecule has 1 amide bonds. The van der Waals surface area contributed by atoms with Crippen LogP contribution in [0.25, 0.3) is 0 Å². The van der Waals surface area contributed by atoms with Crippen molar-refractivity contribution in [1.82, 2.24) is 10.2 Å². The first-order valence-electron chi connectivity index (χ1n) is 6.73. The van der Waals surface area contributed by atoms with Gasteiger partial charge < -0.3 is 15.3 Å². The quantitative estimate of drug-likeness (QED) is 0.715. The van der Waals surface area contributed by atoms with Crippen molar-refractivity contribution in [2.24, 2.45) is 5.92 Å². The molecule has 2 N–H and O–H groups in total. The highest BCUT2D eigenvalue weighted by atomic mass is 16.4. The molecule has 0 unspecified atom stereocenters. The minimum atomic E-state index is -0.946. The Labute approximate surface area is 109 Å². The lowest BCUT2D eigenvalue weighted by Gasteiger charge is -2.18. The largest absolute Gasteiger partial charge is 0.480 e. The Balaban J connectivity index is 2.29. The molecule has 0 aromatic rings. The van der Waals surface area contributed by atoms with Gasteiger partial charge in [-0.05, 0) is 38.3 Å². The van der Waals surface area contributed by atoms with Gasteiger partial charge in [-0.15, -0.1) is 0 Å². The molecule has 0 radical (unpaired) electrons. The van der Waals surface area contributed by atoms with Gasteiger partial charge in [0.1, 0.15) is 6.04 Å². The molecule has 1 rings (SSSR count). The summed E-state index contributed by atoms with van der Waals surface area (Å²) in [6.07, 6.45) is 3.27. The van der Waals surface area contributed by atoms with E-state index in [1.807, 2.05) is 13.8 Å². The molecule has 1 saturated heterocycles. The van der Waals surface area contributed by atoms with E-state index in [0.717, 1.165) is 19.6 Å². The lowest BCUT2D eigenvalue weighted by Crippen LogP contribution is -2.42. The molecule has 0 spiro atoms. The van der Waals surface area contributed by atoms with Crippen molar-refractivity contribution < 1.29 is 14.7 Å². The van der Waals surface area contributed by atoms with Gasteiger partial charge in [-0.2, -0.15) is 0 Å². The van der Waals surface area contributed by atoms with Gasteiger partial charge in [0.25, 0.3) is 0 Å². The second-order valence-corrected chi connectivity index (χ2v) is 5.39. The molecule has 1 aliphatic rings. The molecule has 0 saturated carbocycles. The Morgan fingerprint density at radius 3 is 2.39 bits per heavy atom. The fraction of sp³-hybridized carbons (Fsp3) is 0.846. The number of carbonyl (C=O) groups excluding carboxylic acids is 1. The Morgan fingerprint density at radius 1 is 1.28 bits per heavy atom. The summed E-state index contributed by atoms with van der Waals surface area (Å²) < 4.78 is 0. The maximum Gasteiger partial charge on any atom is 0.326 e. The van der Waals surface area contributed by atoms with E-state index in [9.17, 15) is 9.59 Å². The van der Waals surface area contributed by atoms with Crippen molar-refractivity contribution in [3.8, 4) is 0 Å². The van der Waals surface area contributed by atoms with Crippen LogP contribution < -0.4 is 5.32 Å². The summed E-state index contributed by atoms with van der Waals surface area (Å²) in [4.78, 5) is 24.9. The van der Waals surface area contributed by atoms with Crippen LogP contribution in [-0.2, 0) is 9.59 Å². The Morgan fingerprint density at radius 2 is 1.89 bits per heavy atom. The molecule has 18 heavy (non-hydrogen) atoms. The SMILES string of the molecule is CC(C)C[C@@H](NC(=O)CCN1CCCC1)C(=O)O. The summed E-state index contributed by atoms with van der Waals surface area (Å²) in [6, 6.07) is -0.754. The first-order chi connectivity index (χ1) is 8.49. The maximum atomic E-state index is 11.7. The van der Waals surface area contributed by atoms with Gasteiger partial charge in [-0.25, -0.2) is 4.79 Å². The number of nitrogens with zero attached hydrogens (tertiary/aromatic N) is 1. The molecule has 104 valence electrons. The molecule has 0 aromatic carbocycles. The van der Waals surface area contributed by atoms with Gasteiger partial charge >= 0.3 is 5.97 Å². The predicted molar refractivity (Wildman–Crippen MR) is 69.3 cm³/mol.